The van der Waals surface area contributed by atoms with Crippen molar-refractivity contribution in [1.82, 2.24) is 10.2 Å². The zero-order chi connectivity index (χ0) is 13.5. The highest BCUT2D eigenvalue weighted by Gasteiger charge is 2.49. The molecule has 3 atom stereocenters. The molecule has 0 aromatic rings. The Labute approximate surface area is 101 Å². The van der Waals surface area contributed by atoms with Crippen molar-refractivity contribution in [2.45, 2.75) is 37.5 Å². The molecule has 8 heteroatoms. The molecule has 0 aromatic carbocycles. The number of carbonyl (C=O) groups is 2. The second kappa shape index (κ2) is 4.33. The molecule has 1 aliphatic heterocycles. The lowest BCUT2D eigenvalue weighted by Crippen LogP contribution is -2.51. The molecule has 1 saturated carbocycles. The average molecular weight is 266 g/mol. The van der Waals surface area contributed by atoms with E-state index in [0.29, 0.717) is 6.42 Å². The van der Waals surface area contributed by atoms with Gasteiger partial charge in [-0.05, 0) is 25.2 Å². The van der Waals surface area contributed by atoms with Gasteiger partial charge < -0.3 is 15.3 Å². The number of amides is 2. The van der Waals surface area contributed by atoms with Crippen LogP contribution in [0.3, 0.4) is 0 Å². The number of carboxylic acid groups (broad SMARTS) is 1. The number of piperidine rings is 1. The van der Waals surface area contributed by atoms with Gasteiger partial charge in [0.15, 0.2) is 0 Å². The van der Waals surface area contributed by atoms with Gasteiger partial charge in [-0.25, -0.2) is 4.79 Å². The van der Waals surface area contributed by atoms with Gasteiger partial charge in [0.05, 0.1) is 6.04 Å². The van der Waals surface area contributed by atoms with Gasteiger partial charge in [0.1, 0.15) is 0 Å². The molecule has 0 aromatic heterocycles. The van der Waals surface area contributed by atoms with Gasteiger partial charge in [0.25, 0.3) is 0 Å². The Balaban J connectivity index is 1.96. The van der Waals surface area contributed by atoms with E-state index in [2.05, 4.69) is 0 Å². The van der Waals surface area contributed by atoms with E-state index in [0.717, 1.165) is 12.8 Å². The lowest BCUT2D eigenvalue weighted by atomic mass is 9.99. The Kier molecular flexibility index (Phi) is 3.12. The van der Waals surface area contributed by atoms with Crippen LogP contribution >= 0.6 is 0 Å². The second-order valence-electron chi connectivity index (χ2n) is 4.69. The van der Waals surface area contributed by atoms with Crippen molar-refractivity contribution in [3.63, 3.8) is 0 Å². The van der Waals surface area contributed by atoms with E-state index < -0.39 is 24.2 Å². The minimum Gasteiger partial charge on any atom is -0.465 e. The average Bonchev–Trinajstić information content (AvgIpc) is 2.83. The zero-order valence-electron chi connectivity index (χ0n) is 9.41. The van der Waals surface area contributed by atoms with E-state index in [-0.39, 0.29) is 18.5 Å². The summed E-state index contributed by atoms with van der Waals surface area (Å²) in [7, 11) is 0. The number of hydrogen-bond donors (Lipinski definition) is 2. The third kappa shape index (κ3) is 2.23. The largest absolute Gasteiger partial charge is 0.471 e. The number of halogens is 3. The molecule has 1 aliphatic carbocycles. The van der Waals surface area contributed by atoms with Gasteiger partial charge in [-0.15, -0.1) is 0 Å². The zero-order valence-corrected chi connectivity index (χ0v) is 9.41. The fourth-order valence-corrected chi connectivity index (χ4v) is 2.95. The van der Waals surface area contributed by atoms with Crippen LogP contribution in [-0.4, -0.2) is 46.8 Å². The molecule has 2 bridgehead atoms. The van der Waals surface area contributed by atoms with E-state index in [9.17, 15) is 22.8 Å². The predicted octanol–water partition coefficient (Wildman–Crippen LogP) is 1.20. The van der Waals surface area contributed by atoms with Crippen molar-refractivity contribution in [3.05, 3.63) is 0 Å². The number of nitrogens with one attached hydrogen (secondary N) is 1. The van der Waals surface area contributed by atoms with Gasteiger partial charge in [0, 0.05) is 12.6 Å². The van der Waals surface area contributed by atoms with Crippen molar-refractivity contribution >= 4 is 12.0 Å². The monoisotopic (exact) mass is 266 g/mol. The normalized spacial score (nSPS) is 30.6. The topological polar surface area (TPSA) is 69.6 Å². The summed E-state index contributed by atoms with van der Waals surface area (Å²) in [6.45, 7) is -0.272. The Morgan fingerprint density at radius 2 is 2.00 bits per heavy atom. The summed E-state index contributed by atoms with van der Waals surface area (Å²) >= 11 is 0. The summed E-state index contributed by atoms with van der Waals surface area (Å²) in [6, 6.07) is -0.646. The number of alkyl halides is 3. The van der Waals surface area contributed by atoms with E-state index in [1.807, 2.05) is 0 Å². The molecule has 0 radical (unpaired) electrons. The van der Waals surface area contributed by atoms with Crippen LogP contribution in [0.15, 0.2) is 0 Å². The predicted molar refractivity (Wildman–Crippen MR) is 53.8 cm³/mol. The Hall–Kier alpha value is -1.47. The maximum Gasteiger partial charge on any atom is 0.471 e. The van der Waals surface area contributed by atoms with Gasteiger partial charge >= 0.3 is 18.2 Å². The SMILES string of the molecule is O=C(O)N1[C@@H]2CC[C@@H](C2)[C@H]1CNC(=O)C(F)(F)F. The fraction of sp³-hybridized carbons (Fsp3) is 0.800. The highest BCUT2D eigenvalue weighted by atomic mass is 19.4. The van der Waals surface area contributed by atoms with E-state index >= 15 is 0 Å². The van der Waals surface area contributed by atoms with Gasteiger partial charge in [0.2, 0.25) is 0 Å². The number of rotatable bonds is 2. The number of fused-ring (bicyclic) bond motifs is 2. The molecule has 1 heterocycles. The highest BCUT2D eigenvalue weighted by Crippen LogP contribution is 2.42. The van der Waals surface area contributed by atoms with Crippen LogP contribution in [0.25, 0.3) is 0 Å². The Bertz CT molecular complexity index is 372. The van der Waals surface area contributed by atoms with Crippen LogP contribution < -0.4 is 5.32 Å². The maximum atomic E-state index is 12.0. The van der Waals surface area contributed by atoms with Gasteiger partial charge in [-0.1, -0.05) is 0 Å². The summed E-state index contributed by atoms with van der Waals surface area (Å²) in [4.78, 5) is 22.9. The quantitative estimate of drug-likeness (QED) is 0.789. The number of nitrogens with zero attached hydrogens (tertiary/aromatic N) is 1. The van der Waals surface area contributed by atoms with E-state index in [1.54, 1.807) is 5.32 Å². The van der Waals surface area contributed by atoms with Crippen molar-refractivity contribution in [3.8, 4) is 0 Å². The summed E-state index contributed by atoms with van der Waals surface area (Å²) in [6.07, 6.45) is -3.82. The molecule has 5 nitrogen and oxygen atoms in total. The number of carbonyl (C=O) groups excluding carboxylic acids is 1. The van der Waals surface area contributed by atoms with Crippen LogP contribution in [0.4, 0.5) is 18.0 Å². The lowest BCUT2D eigenvalue weighted by Gasteiger charge is -2.33. The van der Waals surface area contributed by atoms with Crippen LogP contribution in [-0.2, 0) is 4.79 Å². The van der Waals surface area contributed by atoms with Crippen molar-refractivity contribution < 1.29 is 27.9 Å². The van der Waals surface area contributed by atoms with Gasteiger partial charge in [-0.3, -0.25) is 4.79 Å². The first-order chi connectivity index (χ1) is 8.30. The number of likely N-dealkylation sites (tertiary alicyclic amines) is 1. The summed E-state index contributed by atoms with van der Waals surface area (Å²) in [5, 5.41) is 10.8. The van der Waals surface area contributed by atoms with E-state index in [4.69, 9.17) is 5.11 Å². The standard InChI is InChI=1S/C10H13F3N2O3/c11-10(12,13)8(16)14-4-7-5-1-2-6(3-5)15(7)9(17)18/h5-7H,1-4H2,(H,14,16)(H,17,18)/t5-,6+,7+/m0/s1. The first-order valence-electron chi connectivity index (χ1n) is 5.67. The molecule has 2 aliphatic rings. The Morgan fingerprint density at radius 1 is 1.33 bits per heavy atom. The van der Waals surface area contributed by atoms with Crippen molar-refractivity contribution in [1.29, 1.82) is 0 Å². The summed E-state index contributed by atoms with van der Waals surface area (Å²) in [5.74, 6) is -1.96. The van der Waals surface area contributed by atoms with Crippen LogP contribution in [0.5, 0.6) is 0 Å². The minimum absolute atomic E-state index is 0.0552. The molecule has 2 amide bonds. The molecular weight excluding hydrogens is 253 g/mol. The molecule has 2 fully saturated rings. The molecule has 102 valence electrons. The van der Waals surface area contributed by atoms with Crippen molar-refractivity contribution in [2.24, 2.45) is 5.92 Å². The lowest BCUT2D eigenvalue weighted by molar-refractivity contribution is -0.173. The molecule has 0 unspecified atom stereocenters. The number of hydrogen-bond acceptors (Lipinski definition) is 2. The molecule has 18 heavy (non-hydrogen) atoms. The summed E-state index contributed by atoms with van der Waals surface area (Å²) in [5.41, 5.74) is 0. The third-order valence-corrected chi connectivity index (χ3v) is 3.69. The molecule has 2 rings (SSSR count). The first-order valence-corrected chi connectivity index (χ1v) is 5.67. The molecule has 2 N–H and O–H groups in total. The van der Waals surface area contributed by atoms with Gasteiger partial charge in [-0.2, -0.15) is 13.2 Å². The van der Waals surface area contributed by atoms with Crippen molar-refractivity contribution in [2.75, 3.05) is 6.54 Å². The van der Waals surface area contributed by atoms with Crippen LogP contribution in [0, 0.1) is 5.92 Å². The second-order valence-corrected chi connectivity index (χ2v) is 4.69. The highest BCUT2D eigenvalue weighted by molar-refractivity contribution is 5.81. The molecule has 1 saturated heterocycles. The van der Waals surface area contributed by atoms with E-state index in [1.165, 1.54) is 4.90 Å². The maximum absolute atomic E-state index is 12.0. The minimum atomic E-state index is -4.92. The first kappa shape index (κ1) is 13.0. The summed E-state index contributed by atoms with van der Waals surface area (Å²) < 4.78 is 36.1. The molecular formula is C10H13F3N2O3. The van der Waals surface area contributed by atoms with Crippen LogP contribution in [0.2, 0.25) is 0 Å². The van der Waals surface area contributed by atoms with Crippen LogP contribution in [0.1, 0.15) is 19.3 Å². The smallest absolute Gasteiger partial charge is 0.465 e. The molecule has 0 spiro atoms. The fourth-order valence-electron chi connectivity index (χ4n) is 2.95. The Morgan fingerprint density at radius 3 is 2.56 bits per heavy atom. The third-order valence-electron chi connectivity index (χ3n) is 3.69.